The third kappa shape index (κ3) is 5.06. The van der Waals surface area contributed by atoms with Crippen LogP contribution in [0.25, 0.3) is 0 Å². The second-order valence-electron chi connectivity index (χ2n) is 5.61. The van der Waals surface area contributed by atoms with Crippen LogP contribution >= 0.6 is 11.6 Å². The van der Waals surface area contributed by atoms with Gasteiger partial charge in [0, 0.05) is 24.5 Å². The number of carboxylic acid groups (broad SMARTS) is 1. The Kier molecular flexibility index (Phi) is 6.21. The van der Waals surface area contributed by atoms with Crippen LogP contribution in [0.5, 0.6) is 0 Å². The van der Waals surface area contributed by atoms with Gasteiger partial charge in [-0.15, -0.1) is 0 Å². The Balaban J connectivity index is 1.89. The Bertz CT molecular complexity index is 670. The number of aliphatic carboxylic acids is 1. The Morgan fingerprint density at radius 3 is 2.65 bits per heavy atom. The van der Waals surface area contributed by atoms with E-state index < -0.39 is 16.0 Å². The highest BCUT2D eigenvalue weighted by atomic mass is 35.5. The summed E-state index contributed by atoms with van der Waals surface area (Å²) >= 11 is 5.79. The van der Waals surface area contributed by atoms with Crippen molar-refractivity contribution in [2.75, 3.05) is 13.1 Å². The predicted molar refractivity (Wildman–Crippen MR) is 88.9 cm³/mol. The normalized spacial score (nSPS) is 19.4. The first-order valence-electron chi connectivity index (χ1n) is 7.52. The standard InChI is InChI=1S/C16H20ClNO4S/c17-14-6-8-15(9-7-14)23(21,22)18-11-10-13(12-18)4-2-1-3-5-16(19)20/h1-2,6-9,13H,3-5,10-12H2,(H,19,20)/t13-/m1/s1. The van der Waals surface area contributed by atoms with E-state index in [1.54, 1.807) is 12.1 Å². The molecule has 1 fully saturated rings. The number of hydrogen-bond acceptors (Lipinski definition) is 3. The lowest BCUT2D eigenvalue weighted by Gasteiger charge is -2.16. The van der Waals surface area contributed by atoms with E-state index >= 15 is 0 Å². The number of benzene rings is 1. The molecule has 1 aliphatic rings. The molecule has 1 N–H and O–H groups in total. The van der Waals surface area contributed by atoms with Gasteiger partial charge in [0.1, 0.15) is 0 Å². The number of halogens is 1. The van der Waals surface area contributed by atoms with Crippen molar-refractivity contribution < 1.29 is 18.3 Å². The van der Waals surface area contributed by atoms with Gasteiger partial charge < -0.3 is 5.11 Å². The Labute approximate surface area is 141 Å². The van der Waals surface area contributed by atoms with Crippen LogP contribution in [0, 0.1) is 5.92 Å². The zero-order valence-electron chi connectivity index (χ0n) is 12.7. The van der Waals surface area contributed by atoms with Crippen LogP contribution < -0.4 is 0 Å². The Morgan fingerprint density at radius 1 is 1.30 bits per heavy atom. The summed E-state index contributed by atoms with van der Waals surface area (Å²) in [6.45, 7) is 1.01. The van der Waals surface area contributed by atoms with Gasteiger partial charge in [-0.3, -0.25) is 4.79 Å². The maximum Gasteiger partial charge on any atom is 0.303 e. The molecule has 0 spiro atoms. The van der Waals surface area contributed by atoms with E-state index in [0.717, 1.165) is 12.8 Å². The number of carbonyl (C=O) groups is 1. The van der Waals surface area contributed by atoms with Crippen molar-refractivity contribution in [1.29, 1.82) is 0 Å². The van der Waals surface area contributed by atoms with E-state index in [1.165, 1.54) is 16.4 Å². The molecule has 7 heteroatoms. The predicted octanol–water partition coefficient (Wildman–Crippen LogP) is 3.16. The minimum Gasteiger partial charge on any atom is -0.481 e. The van der Waals surface area contributed by atoms with Gasteiger partial charge in [-0.05, 0) is 49.4 Å². The molecule has 1 atom stereocenters. The molecule has 126 valence electrons. The summed E-state index contributed by atoms with van der Waals surface area (Å²) < 4.78 is 26.6. The largest absolute Gasteiger partial charge is 0.481 e. The number of allylic oxidation sites excluding steroid dienone is 2. The number of sulfonamides is 1. The van der Waals surface area contributed by atoms with Crippen molar-refractivity contribution in [3.8, 4) is 0 Å². The van der Waals surface area contributed by atoms with Crippen molar-refractivity contribution >= 4 is 27.6 Å². The SMILES string of the molecule is O=C(O)CCC=CC[C@@H]1CCN(S(=O)(=O)c2ccc(Cl)cc2)C1. The lowest BCUT2D eigenvalue weighted by molar-refractivity contribution is -0.136. The average molecular weight is 358 g/mol. The number of carboxylic acids is 1. The van der Waals surface area contributed by atoms with Crippen molar-refractivity contribution in [2.45, 2.75) is 30.6 Å². The van der Waals surface area contributed by atoms with Gasteiger partial charge in [-0.1, -0.05) is 23.8 Å². The molecule has 0 aromatic heterocycles. The molecule has 0 amide bonds. The average Bonchev–Trinajstić information content (AvgIpc) is 2.96. The smallest absolute Gasteiger partial charge is 0.303 e. The molecular formula is C16H20ClNO4S. The summed E-state index contributed by atoms with van der Waals surface area (Å²) in [5, 5.41) is 9.07. The number of hydrogen-bond donors (Lipinski definition) is 1. The third-order valence-electron chi connectivity index (χ3n) is 3.86. The molecule has 0 aliphatic carbocycles. The van der Waals surface area contributed by atoms with E-state index in [-0.39, 0.29) is 17.2 Å². The number of rotatable bonds is 7. The molecular weight excluding hydrogens is 338 g/mol. The van der Waals surface area contributed by atoms with E-state index in [4.69, 9.17) is 16.7 Å². The quantitative estimate of drug-likeness (QED) is 0.760. The van der Waals surface area contributed by atoms with Gasteiger partial charge >= 0.3 is 5.97 Å². The second kappa shape index (κ2) is 7.95. The van der Waals surface area contributed by atoms with E-state index in [0.29, 0.717) is 24.5 Å². The molecule has 0 radical (unpaired) electrons. The van der Waals surface area contributed by atoms with Crippen molar-refractivity contribution in [3.05, 3.63) is 41.4 Å². The zero-order chi connectivity index (χ0) is 16.9. The molecule has 0 unspecified atom stereocenters. The van der Waals surface area contributed by atoms with Crippen molar-refractivity contribution in [2.24, 2.45) is 5.92 Å². The molecule has 1 aromatic rings. The fourth-order valence-corrected chi connectivity index (χ4v) is 4.23. The van der Waals surface area contributed by atoms with E-state index in [1.807, 2.05) is 12.2 Å². The fourth-order valence-electron chi connectivity index (χ4n) is 2.58. The van der Waals surface area contributed by atoms with Crippen LogP contribution in [-0.2, 0) is 14.8 Å². The van der Waals surface area contributed by atoms with Crippen LogP contribution in [0.15, 0.2) is 41.3 Å². The number of nitrogens with zero attached hydrogens (tertiary/aromatic N) is 1. The molecule has 1 aliphatic heterocycles. The maximum absolute atomic E-state index is 12.5. The fraction of sp³-hybridized carbons (Fsp3) is 0.438. The van der Waals surface area contributed by atoms with Gasteiger partial charge in [0.05, 0.1) is 4.90 Å². The van der Waals surface area contributed by atoms with Crippen molar-refractivity contribution in [3.63, 3.8) is 0 Å². The summed E-state index contributed by atoms with van der Waals surface area (Å²) in [5.41, 5.74) is 0. The van der Waals surface area contributed by atoms with E-state index in [9.17, 15) is 13.2 Å². The van der Waals surface area contributed by atoms with E-state index in [2.05, 4.69) is 0 Å². The Hall–Kier alpha value is -1.37. The highest BCUT2D eigenvalue weighted by molar-refractivity contribution is 7.89. The lowest BCUT2D eigenvalue weighted by atomic mass is 10.0. The van der Waals surface area contributed by atoms with Gasteiger partial charge in [0.15, 0.2) is 0 Å². The molecule has 0 saturated carbocycles. The van der Waals surface area contributed by atoms with Gasteiger partial charge in [-0.25, -0.2) is 8.42 Å². The topological polar surface area (TPSA) is 74.7 Å². The summed E-state index contributed by atoms with van der Waals surface area (Å²) in [7, 11) is -3.46. The third-order valence-corrected chi connectivity index (χ3v) is 5.99. The lowest BCUT2D eigenvalue weighted by Crippen LogP contribution is -2.28. The van der Waals surface area contributed by atoms with Crippen LogP contribution in [0.2, 0.25) is 5.02 Å². The second-order valence-corrected chi connectivity index (χ2v) is 7.99. The van der Waals surface area contributed by atoms with Crippen molar-refractivity contribution in [1.82, 2.24) is 4.31 Å². The molecule has 2 rings (SSSR count). The maximum atomic E-state index is 12.5. The minimum absolute atomic E-state index is 0.123. The summed E-state index contributed by atoms with van der Waals surface area (Å²) in [5.74, 6) is -0.533. The first-order valence-corrected chi connectivity index (χ1v) is 9.34. The van der Waals surface area contributed by atoms with Crippen LogP contribution in [-0.4, -0.2) is 36.9 Å². The monoisotopic (exact) mass is 357 g/mol. The highest BCUT2D eigenvalue weighted by Gasteiger charge is 2.31. The van der Waals surface area contributed by atoms with Crippen LogP contribution in [0.3, 0.4) is 0 Å². The molecule has 23 heavy (non-hydrogen) atoms. The van der Waals surface area contributed by atoms with Crippen LogP contribution in [0.4, 0.5) is 0 Å². The van der Waals surface area contributed by atoms with Gasteiger partial charge in [0.25, 0.3) is 0 Å². The molecule has 1 aromatic carbocycles. The zero-order valence-corrected chi connectivity index (χ0v) is 14.3. The first kappa shape index (κ1) is 18.0. The van der Waals surface area contributed by atoms with Crippen LogP contribution in [0.1, 0.15) is 25.7 Å². The first-order chi connectivity index (χ1) is 10.9. The minimum atomic E-state index is -3.46. The summed E-state index contributed by atoms with van der Waals surface area (Å²) in [4.78, 5) is 10.7. The van der Waals surface area contributed by atoms with Gasteiger partial charge in [-0.2, -0.15) is 4.31 Å². The van der Waals surface area contributed by atoms with Gasteiger partial charge in [0.2, 0.25) is 10.0 Å². The Morgan fingerprint density at radius 2 is 2.00 bits per heavy atom. The molecule has 1 saturated heterocycles. The summed E-state index contributed by atoms with van der Waals surface area (Å²) in [6, 6.07) is 6.20. The summed E-state index contributed by atoms with van der Waals surface area (Å²) in [6.07, 6.45) is 6.02. The molecule has 5 nitrogen and oxygen atoms in total. The highest BCUT2D eigenvalue weighted by Crippen LogP contribution is 2.27. The molecule has 1 heterocycles. The molecule has 0 bridgehead atoms.